The molecule has 0 bridgehead atoms. The fourth-order valence-electron chi connectivity index (χ4n) is 1.19. The summed E-state index contributed by atoms with van der Waals surface area (Å²) in [5.41, 5.74) is 5.41. The maximum Gasteiger partial charge on any atom is 0.322 e. The second kappa shape index (κ2) is 5.23. The Morgan fingerprint density at radius 3 is 2.69 bits per heavy atom. The van der Waals surface area contributed by atoms with Crippen molar-refractivity contribution in [2.75, 3.05) is 7.11 Å². The molecule has 0 saturated carbocycles. The van der Waals surface area contributed by atoms with E-state index in [9.17, 15) is 13.6 Å². The van der Waals surface area contributed by atoms with Crippen LogP contribution in [0, 0.1) is 11.6 Å². The molecule has 1 rings (SSSR count). The van der Waals surface area contributed by atoms with E-state index in [0.29, 0.717) is 0 Å². The molecule has 0 fully saturated rings. The third kappa shape index (κ3) is 2.90. The van der Waals surface area contributed by atoms with Crippen molar-refractivity contribution in [2.24, 2.45) is 5.73 Å². The number of hydrogen-bond acceptors (Lipinski definition) is 3. The summed E-state index contributed by atoms with van der Waals surface area (Å²) in [4.78, 5) is 11.0. The fraction of sp³-hybridized carbons (Fsp3) is 0.300. The lowest BCUT2D eigenvalue weighted by atomic mass is 10.1. The lowest BCUT2D eigenvalue weighted by molar-refractivity contribution is -0.142. The summed E-state index contributed by atoms with van der Waals surface area (Å²) in [5, 5.41) is -0.312. The number of esters is 1. The zero-order valence-corrected chi connectivity index (χ0v) is 9.22. The predicted molar refractivity (Wildman–Crippen MR) is 55.1 cm³/mol. The normalized spacial score (nSPS) is 12.3. The maximum absolute atomic E-state index is 13.3. The molecule has 0 aliphatic carbocycles. The van der Waals surface area contributed by atoms with Crippen LogP contribution in [0.4, 0.5) is 8.78 Å². The lowest BCUT2D eigenvalue weighted by Crippen LogP contribution is -2.33. The average Bonchev–Trinajstić information content (AvgIpc) is 2.24. The molecule has 88 valence electrons. The number of methoxy groups -OCH3 is 1. The average molecular weight is 250 g/mol. The molecule has 0 saturated heterocycles. The maximum atomic E-state index is 13.3. The van der Waals surface area contributed by atoms with E-state index in [1.165, 1.54) is 7.11 Å². The Morgan fingerprint density at radius 1 is 1.50 bits per heavy atom. The summed E-state index contributed by atoms with van der Waals surface area (Å²) in [6.07, 6.45) is -0.146. The van der Waals surface area contributed by atoms with Gasteiger partial charge in [0.15, 0.2) is 0 Å². The van der Waals surface area contributed by atoms with Gasteiger partial charge in [-0.05, 0) is 17.7 Å². The largest absolute Gasteiger partial charge is 0.468 e. The van der Waals surface area contributed by atoms with Crippen molar-refractivity contribution in [3.8, 4) is 0 Å². The van der Waals surface area contributed by atoms with E-state index < -0.39 is 23.6 Å². The van der Waals surface area contributed by atoms with Crippen LogP contribution in [0.3, 0.4) is 0 Å². The van der Waals surface area contributed by atoms with Crippen LogP contribution in [-0.2, 0) is 16.0 Å². The van der Waals surface area contributed by atoms with E-state index in [1.807, 2.05) is 0 Å². The Bertz CT molecular complexity index is 412. The molecule has 0 aliphatic heterocycles. The van der Waals surface area contributed by atoms with Gasteiger partial charge in [0, 0.05) is 6.42 Å². The first-order valence-corrected chi connectivity index (χ1v) is 4.80. The van der Waals surface area contributed by atoms with Crippen molar-refractivity contribution < 1.29 is 18.3 Å². The Kier molecular flexibility index (Phi) is 4.20. The molecule has 0 heterocycles. The Hall–Kier alpha value is -1.20. The number of carbonyl (C=O) groups is 1. The fourth-order valence-corrected chi connectivity index (χ4v) is 1.34. The third-order valence-electron chi connectivity index (χ3n) is 2.03. The first-order chi connectivity index (χ1) is 7.45. The van der Waals surface area contributed by atoms with Gasteiger partial charge in [-0.3, -0.25) is 4.79 Å². The molecule has 2 N–H and O–H groups in total. The lowest BCUT2D eigenvalue weighted by Gasteiger charge is -2.10. The van der Waals surface area contributed by atoms with Crippen LogP contribution in [0.25, 0.3) is 0 Å². The highest BCUT2D eigenvalue weighted by Crippen LogP contribution is 2.20. The second-order valence-electron chi connectivity index (χ2n) is 3.19. The summed E-state index contributed by atoms with van der Waals surface area (Å²) < 4.78 is 30.7. The van der Waals surface area contributed by atoms with Gasteiger partial charge in [0.1, 0.15) is 17.7 Å². The number of nitrogens with two attached hydrogens (primary N) is 1. The van der Waals surface area contributed by atoms with Crippen molar-refractivity contribution in [1.29, 1.82) is 0 Å². The van der Waals surface area contributed by atoms with Gasteiger partial charge in [0.05, 0.1) is 12.1 Å². The predicted octanol–water partition coefficient (Wildman–Crippen LogP) is 1.66. The zero-order valence-electron chi connectivity index (χ0n) is 8.47. The van der Waals surface area contributed by atoms with Crippen molar-refractivity contribution >= 4 is 17.6 Å². The molecule has 1 atom stereocenters. The van der Waals surface area contributed by atoms with Gasteiger partial charge in [-0.15, -0.1) is 0 Å². The molecule has 0 aliphatic rings. The first kappa shape index (κ1) is 12.9. The van der Waals surface area contributed by atoms with Gasteiger partial charge in [0.2, 0.25) is 0 Å². The van der Waals surface area contributed by atoms with Crippen molar-refractivity contribution in [2.45, 2.75) is 12.5 Å². The summed E-state index contributed by atoms with van der Waals surface area (Å²) >= 11 is 5.37. The Balaban J connectivity index is 2.89. The molecule has 0 spiro atoms. The van der Waals surface area contributed by atoms with Gasteiger partial charge in [-0.25, -0.2) is 8.78 Å². The standard InChI is InChI=1S/C10H10ClF2NO2/c1-16-10(15)9(14)3-5-2-8(13)6(11)4-7(5)12/h2,4,9H,3,14H2,1H3. The first-order valence-electron chi connectivity index (χ1n) is 4.42. The zero-order chi connectivity index (χ0) is 12.3. The topological polar surface area (TPSA) is 52.3 Å². The van der Waals surface area contributed by atoms with Crippen LogP contribution in [0.1, 0.15) is 5.56 Å². The van der Waals surface area contributed by atoms with Gasteiger partial charge < -0.3 is 10.5 Å². The monoisotopic (exact) mass is 249 g/mol. The number of hydrogen-bond donors (Lipinski definition) is 1. The SMILES string of the molecule is COC(=O)C(N)Cc1cc(F)c(Cl)cc1F. The van der Waals surface area contributed by atoms with Crippen LogP contribution in [0.5, 0.6) is 0 Å². The minimum atomic E-state index is -1.03. The van der Waals surface area contributed by atoms with E-state index in [-0.39, 0.29) is 17.0 Å². The molecule has 1 unspecified atom stereocenters. The van der Waals surface area contributed by atoms with Crippen LogP contribution >= 0.6 is 11.6 Å². The van der Waals surface area contributed by atoms with Gasteiger partial charge in [0.25, 0.3) is 0 Å². The number of rotatable bonds is 3. The summed E-state index contributed by atoms with van der Waals surface area (Å²) in [6.45, 7) is 0. The Labute approximate surface area is 96.1 Å². The molecule has 1 aromatic carbocycles. The van der Waals surface area contributed by atoms with E-state index in [0.717, 1.165) is 12.1 Å². The van der Waals surface area contributed by atoms with E-state index in [2.05, 4.69) is 4.74 Å². The smallest absolute Gasteiger partial charge is 0.322 e. The highest BCUT2D eigenvalue weighted by Gasteiger charge is 2.17. The van der Waals surface area contributed by atoms with E-state index >= 15 is 0 Å². The van der Waals surface area contributed by atoms with Gasteiger partial charge >= 0.3 is 5.97 Å². The highest BCUT2D eigenvalue weighted by molar-refractivity contribution is 6.30. The quantitative estimate of drug-likeness (QED) is 0.655. The molecular formula is C10H10ClF2NO2. The Morgan fingerprint density at radius 2 is 2.12 bits per heavy atom. The molecule has 16 heavy (non-hydrogen) atoms. The van der Waals surface area contributed by atoms with Crippen LogP contribution < -0.4 is 5.73 Å². The van der Waals surface area contributed by atoms with E-state index in [1.54, 1.807) is 0 Å². The number of ether oxygens (including phenoxy) is 1. The second-order valence-corrected chi connectivity index (χ2v) is 3.60. The number of halogens is 3. The van der Waals surface area contributed by atoms with Crippen molar-refractivity contribution in [3.05, 3.63) is 34.4 Å². The third-order valence-corrected chi connectivity index (χ3v) is 2.32. The minimum absolute atomic E-state index is 0.0141. The minimum Gasteiger partial charge on any atom is -0.468 e. The molecular weight excluding hydrogens is 240 g/mol. The van der Waals surface area contributed by atoms with E-state index in [4.69, 9.17) is 17.3 Å². The van der Waals surface area contributed by atoms with Crippen molar-refractivity contribution in [1.82, 2.24) is 0 Å². The molecule has 1 aromatic rings. The van der Waals surface area contributed by atoms with Gasteiger partial charge in [-0.2, -0.15) is 0 Å². The molecule has 0 radical (unpaired) electrons. The summed E-state index contributed by atoms with van der Waals surface area (Å²) in [6, 6.07) is 0.733. The number of carbonyl (C=O) groups excluding carboxylic acids is 1. The highest BCUT2D eigenvalue weighted by atomic mass is 35.5. The van der Waals surface area contributed by atoms with Crippen LogP contribution in [0.15, 0.2) is 12.1 Å². The molecule has 0 amide bonds. The van der Waals surface area contributed by atoms with Gasteiger partial charge in [-0.1, -0.05) is 11.6 Å². The molecule has 6 heteroatoms. The molecule has 3 nitrogen and oxygen atoms in total. The summed E-state index contributed by atoms with van der Waals surface area (Å²) in [5.74, 6) is -2.14. The summed E-state index contributed by atoms with van der Waals surface area (Å²) in [7, 11) is 1.17. The van der Waals surface area contributed by atoms with Crippen molar-refractivity contribution in [3.63, 3.8) is 0 Å². The molecule has 0 aromatic heterocycles. The van der Waals surface area contributed by atoms with Crippen LogP contribution in [-0.4, -0.2) is 19.1 Å². The number of benzene rings is 1. The van der Waals surface area contributed by atoms with Crippen LogP contribution in [0.2, 0.25) is 5.02 Å².